The fourth-order valence-electron chi connectivity index (χ4n) is 2.85. The number of hydrogen-bond acceptors (Lipinski definition) is 6. The maximum absolute atomic E-state index is 11.8. The molecule has 23 heavy (non-hydrogen) atoms. The highest BCUT2D eigenvalue weighted by molar-refractivity contribution is 5.98. The van der Waals surface area contributed by atoms with E-state index in [9.17, 15) is 9.59 Å². The number of rotatable bonds is 2. The summed E-state index contributed by atoms with van der Waals surface area (Å²) in [6, 6.07) is 14.6. The van der Waals surface area contributed by atoms with Crippen molar-refractivity contribution in [2.24, 2.45) is 0 Å². The largest absolute Gasteiger partial charge is 0.441 e. The van der Waals surface area contributed by atoms with E-state index in [1.54, 1.807) is 12.1 Å². The lowest BCUT2D eigenvalue weighted by molar-refractivity contribution is 0.0460. The van der Waals surface area contributed by atoms with Crippen molar-refractivity contribution in [2.45, 2.75) is 0 Å². The van der Waals surface area contributed by atoms with E-state index in [-0.39, 0.29) is 25.4 Å². The Hall–Kier alpha value is -3.02. The third-order valence-corrected chi connectivity index (χ3v) is 3.97. The smallest absolute Gasteiger partial charge is 0.341 e. The minimum atomic E-state index is -0.317. The van der Waals surface area contributed by atoms with E-state index >= 15 is 0 Å². The number of carbonyl (C=O) groups excluding carboxylic acids is 2. The Morgan fingerprint density at radius 1 is 0.739 bits per heavy atom. The molecule has 2 aliphatic heterocycles. The lowest BCUT2D eigenvalue weighted by Crippen LogP contribution is -2.45. The van der Waals surface area contributed by atoms with E-state index < -0.39 is 0 Å². The number of nitrogens with zero attached hydrogens (tertiary/aromatic N) is 2. The molecule has 0 radical (unpaired) electrons. The van der Waals surface area contributed by atoms with E-state index in [0.29, 0.717) is 17.8 Å². The molecule has 0 aromatic heterocycles. The molecule has 0 bridgehead atoms. The second kappa shape index (κ2) is 5.31. The zero-order valence-electron chi connectivity index (χ0n) is 12.3. The molecular weight excluding hydrogens is 296 g/mol. The zero-order chi connectivity index (χ0) is 15.8. The zero-order valence-corrected chi connectivity index (χ0v) is 12.3. The number of benzene rings is 2. The van der Waals surface area contributed by atoms with Gasteiger partial charge < -0.3 is 19.3 Å². The number of esters is 2. The number of carbonyl (C=O) groups is 2. The van der Waals surface area contributed by atoms with Crippen LogP contribution in [0, 0.1) is 0 Å². The number of anilines is 2. The Morgan fingerprint density at radius 3 is 1.65 bits per heavy atom. The van der Waals surface area contributed by atoms with E-state index in [0.717, 1.165) is 11.4 Å². The minimum absolute atomic E-state index is 0.169. The molecule has 2 heterocycles. The van der Waals surface area contributed by atoms with Gasteiger partial charge in [-0.1, -0.05) is 24.3 Å². The summed E-state index contributed by atoms with van der Waals surface area (Å²) in [5.41, 5.74) is 2.72. The van der Waals surface area contributed by atoms with Crippen molar-refractivity contribution < 1.29 is 19.1 Å². The fraction of sp³-hybridized carbons (Fsp3) is 0.176. The molecule has 4 rings (SSSR count). The van der Waals surface area contributed by atoms with E-state index in [1.165, 1.54) is 0 Å². The van der Waals surface area contributed by atoms with Gasteiger partial charge in [0.25, 0.3) is 0 Å². The Bertz CT molecular complexity index is 724. The topological polar surface area (TPSA) is 59.1 Å². The van der Waals surface area contributed by atoms with Gasteiger partial charge in [-0.2, -0.15) is 0 Å². The first-order valence-electron chi connectivity index (χ1n) is 7.26. The number of fused-ring (bicyclic) bond motifs is 2. The average molecular weight is 310 g/mol. The summed E-state index contributed by atoms with van der Waals surface area (Å²) in [4.78, 5) is 27.5. The van der Waals surface area contributed by atoms with Gasteiger partial charge in [0.05, 0.1) is 29.2 Å². The summed E-state index contributed by atoms with van der Waals surface area (Å²) in [7, 11) is 0. The van der Waals surface area contributed by atoms with Crippen LogP contribution in [0.15, 0.2) is 48.5 Å². The van der Waals surface area contributed by atoms with Gasteiger partial charge in [-0.15, -0.1) is 0 Å². The summed E-state index contributed by atoms with van der Waals surface area (Å²) in [5.74, 6) is -0.635. The first kappa shape index (κ1) is 13.6. The van der Waals surface area contributed by atoms with E-state index in [2.05, 4.69) is 0 Å². The molecule has 6 heteroatoms. The van der Waals surface area contributed by atoms with Crippen molar-refractivity contribution in [3.05, 3.63) is 59.7 Å². The van der Waals surface area contributed by atoms with Gasteiger partial charge in [0.1, 0.15) is 0 Å². The molecule has 6 nitrogen and oxygen atoms in total. The van der Waals surface area contributed by atoms with Crippen LogP contribution in [0.2, 0.25) is 0 Å². The van der Waals surface area contributed by atoms with Gasteiger partial charge >= 0.3 is 11.9 Å². The van der Waals surface area contributed by atoms with Crippen LogP contribution in [0.5, 0.6) is 0 Å². The highest BCUT2D eigenvalue weighted by atomic mass is 16.6. The van der Waals surface area contributed by atoms with Crippen molar-refractivity contribution in [3.63, 3.8) is 0 Å². The molecular formula is C17H14N2O4. The SMILES string of the molecule is O=C1OCN(CN2COC(=O)c3ccccc32)c2ccccc21. The van der Waals surface area contributed by atoms with Gasteiger partial charge in [-0.25, -0.2) is 9.59 Å². The Labute approximate surface area is 132 Å². The first-order chi connectivity index (χ1) is 11.2. The summed E-state index contributed by atoms with van der Waals surface area (Å²) in [6.07, 6.45) is 0. The molecule has 0 spiro atoms. The van der Waals surface area contributed by atoms with Gasteiger partial charge in [-0.3, -0.25) is 0 Å². The van der Waals surface area contributed by atoms with Crippen molar-refractivity contribution >= 4 is 23.3 Å². The Kier molecular flexibility index (Phi) is 3.15. The maximum Gasteiger partial charge on any atom is 0.341 e. The predicted molar refractivity (Wildman–Crippen MR) is 83.3 cm³/mol. The van der Waals surface area contributed by atoms with Crippen LogP contribution >= 0.6 is 0 Å². The third-order valence-electron chi connectivity index (χ3n) is 3.97. The number of ether oxygens (including phenoxy) is 2. The molecule has 2 aromatic rings. The van der Waals surface area contributed by atoms with Crippen molar-refractivity contribution in [3.8, 4) is 0 Å². The highest BCUT2D eigenvalue weighted by Crippen LogP contribution is 2.29. The van der Waals surface area contributed by atoms with Crippen LogP contribution in [0.3, 0.4) is 0 Å². The van der Waals surface area contributed by atoms with Crippen LogP contribution in [0.1, 0.15) is 20.7 Å². The van der Waals surface area contributed by atoms with Gasteiger partial charge in [0, 0.05) is 0 Å². The molecule has 0 unspecified atom stereocenters. The average Bonchev–Trinajstić information content (AvgIpc) is 2.60. The molecule has 0 saturated carbocycles. The number of hydrogen-bond donors (Lipinski definition) is 0. The molecule has 0 amide bonds. The summed E-state index contributed by atoms with van der Waals surface area (Å²) >= 11 is 0. The third kappa shape index (κ3) is 2.28. The molecule has 0 atom stereocenters. The van der Waals surface area contributed by atoms with E-state index in [4.69, 9.17) is 9.47 Å². The summed E-state index contributed by atoms with van der Waals surface area (Å²) in [6.45, 7) is 0.791. The van der Waals surface area contributed by atoms with Crippen LogP contribution in [0.25, 0.3) is 0 Å². The van der Waals surface area contributed by atoms with Crippen LogP contribution < -0.4 is 9.80 Å². The van der Waals surface area contributed by atoms with Gasteiger partial charge in [0.2, 0.25) is 0 Å². The van der Waals surface area contributed by atoms with Crippen molar-refractivity contribution in [2.75, 3.05) is 29.9 Å². The van der Waals surface area contributed by atoms with Gasteiger partial charge in [-0.05, 0) is 24.3 Å². The lowest BCUT2D eigenvalue weighted by atomic mass is 10.1. The number of cyclic esters (lactones) is 2. The van der Waals surface area contributed by atoms with Gasteiger partial charge in [0.15, 0.2) is 13.5 Å². The molecule has 0 saturated heterocycles. The standard InChI is InChI=1S/C17H14N2O4/c20-16-12-5-1-3-7-14(12)18(10-22-16)9-19-11-23-17(21)13-6-2-4-8-15(13)19/h1-8H,9-11H2. The minimum Gasteiger partial charge on any atom is -0.441 e. The Balaban J connectivity index is 1.65. The highest BCUT2D eigenvalue weighted by Gasteiger charge is 2.29. The van der Waals surface area contributed by atoms with E-state index in [1.807, 2.05) is 46.2 Å². The fourth-order valence-corrected chi connectivity index (χ4v) is 2.85. The molecule has 0 fully saturated rings. The lowest BCUT2D eigenvalue weighted by Gasteiger charge is -2.37. The second-order valence-corrected chi connectivity index (χ2v) is 5.38. The van der Waals surface area contributed by atoms with Crippen LogP contribution in [0.4, 0.5) is 11.4 Å². The Morgan fingerprint density at radius 2 is 1.17 bits per heavy atom. The molecule has 0 N–H and O–H groups in total. The quantitative estimate of drug-likeness (QED) is 0.793. The molecule has 0 aliphatic carbocycles. The number of para-hydroxylation sites is 2. The van der Waals surface area contributed by atoms with Crippen LogP contribution in [-0.4, -0.2) is 32.1 Å². The van der Waals surface area contributed by atoms with Crippen LogP contribution in [-0.2, 0) is 9.47 Å². The monoisotopic (exact) mass is 310 g/mol. The predicted octanol–water partition coefficient (Wildman–Crippen LogP) is 2.21. The molecule has 116 valence electrons. The summed E-state index contributed by atoms with van der Waals surface area (Å²) in [5, 5.41) is 0. The molecule has 2 aromatic carbocycles. The summed E-state index contributed by atoms with van der Waals surface area (Å²) < 4.78 is 10.4. The first-order valence-corrected chi connectivity index (χ1v) is 7.26. The normalized spacial score (nSPS) is 16.3. The van der Waals surface area contributed by atoms with Crippen molar-refractivity contribution in [1.29, 1.82) is 0 Å². The molecule has 2 aliphatic rings. The van der Waals surface area contributed by atoms with Crippen molar-refractivity contribution in [1.82, 2.24) is 0 Å². The second-order valence-electron chi connectivity index (χ2n) is 5.38. The maximum atomic E-state index is 11.8.